The number of hydrogen-bond acceptors (Lipinski definition) is 4. The van der Waals surface area contributed by atoms with Crippen molar-refractivity contribution in [3.63, 3.8) is 0 Å². The lowest BCUT2D eigenvalue weighted by Crippen LogP contribution is -2.69. The van der Waals surface area contributed by atoms with Crippen molar-refractivity contribution in [1.29, 1.82) is 0 Å². The summed E-state index contributed by atoms with van der Waals surface area (Å²) in [7, 11) is 2.12. The van der Waals surface area contributed by atoms with Gasteiger partial charge in [0.2, 0.25) is 0 Å². The molecule has 4 nitrogen and oxygen atoms in total. The van der Waals surface area contributed by atoms with Crippen LogP contribution in [0, 0.1) is 5.92 Å². The van der Waals surface area contributed by atoms with Crippen molar-refractivity contribution in [2.45, 2.75) is 58.2 Å². The first-order chi connectivity index (χ1) is 8.13. The molecule has 1 saturated heterocycles. The first-order valence-corrected chi connectivity index (χ1v) is 6.45. The predicted octanol–water partition coefficient (Wildman–Crippen LogP) is 2.12. The van der Waals surface area contributed by atoms with Crippen LogP contribution in [0.1, 0.15) is 41.0 Å². The van der Waals surface area contributed by atoms with Crippen LogP contribution >= 0.6 is 0 Å². The van der Waals surface area contributed by atoms with Crippen LogP contribution in [-0.4, -0.2) is 35.0 Å². The van der Waals surface area contributed by atoms with E-state index in [1.165, 1.54) is 6.08 Å². The van der Waals surface area contributed by atoms with Crippen molar-refractivity contribution < 1.29 is 9.63 Å². The summed E-state index contributed by atoms with van der Waals surface area (Å²) in [5, 5.41) is 0. The summed E-state index contributed by atoms with van der Waals surface area (Å²) in [4.78, 5) is 18.5. The van der Waals surface area contributed by atoms with Gasteiger partial charge in [-0.2, -0.15) is 0 Å². The second-order valence-corrected chi connectivity index (χ2v) is 6.43. The van der Waals surface area contributed by atoms with Crippen LogP contribution in [0.2, 0.25) is 0 Å². The molecule has 2 atom stereocenters. The number of hydroxylamine groups is 1. The average Bonchev–Trinajstić information content (AvgIpc) is 2.25. The predicted molar refractivity (Wildman–Crippen MR) is 72.9 cm³/mol. The molecule has 104 valence electrons. The quantitative estimate of drug-likeness (QED) is 0.619. The number of nitrogens with zero attached hydrogens (tertiary/aromatic N) is 1. The van der Waals surface area contributed by atoms with E-state index in [2.05, 4.69) is 58.6 Å². The van der Waals surface area contributed by atoms with Crippen molar-refractivity contribution >= 4 is 5.97 Å². The molecule has 0 saturated carbocycles. The van der Waals surface area contributed by atoms with Gasteiger partial charge in [0.05, 0.1) is 6.04 Å². The fourth-order valence-electron chi connectivity index (χ4n) is 3.15. The topological polar surface area (TPSA) is 41.6 Å². The van der Waals surface area contributed by atoms with Crippen LogP contribution in [0.5, 0.6) is 0 Å². The van der Waals surface area contributed by atoms with E-state index in [4.69, 9.17) is 4.84 Å². The fraction of sp³-hybridized carbons (Fsp3) is 0.786. The Hall–Kier alpha value is -0.870. The van der Waals surface area contributed by atoms with Crippen LogP contribution in [0.15, 0.2) is 12.7 Å². The number of carbonyl (C=O) groups is 1. The molecule has 1 heterocycles. The maximum Gasteiger partial charge on any atom is 0.348 e. The zero-order valence-electron chi connectivity index (χ0n) is 12.4. The van der Waals surface area contributed by atoms with Crippen LogP contribution < -0.4 is 5.48 Å². The summed E-state index contributed by atoms with van der Waals surface area (Å²) in [6, 6.07) is 0.0967. The summed E-state index contributed by atoms with van der Waals surface area (Å²) in [6.45, 7) is 14.4. The molecule has 1 aliphatic rings. The molecule has 4 heteroatoms. The van der Waals surface area contributed by atoms with E-state index in [9.17, 15) is 4.79 Å². The Morgan fingerprint density at radius 1 is 1.44 bits per heavy atom. The lowest BCUT2D eigenvalue weighted by molar-refractivity contribution is -0.156. The molecule has 0 aromatic carbocycles. The van der Waals surface area contributed by atoms with Crippen molar-refractivity contribution in [1.82, 2.24) is 10.4 Å². The second kappa shape index (κ2) is 5.02. The number of hydrogen-bond donors (Lipinski definition) is 1. The van der Waals surface area contributed by atoms with Gasteiger partial charge in [0.25, 0.3) is 0 Å². The molecule has 2 unspecified atom stereocenters. The molecule has 1 fully saturated rings. The Morgan fingerprint density at radius 3 is 2.50 bits per heavy atom. The fourth-order valence-corrected chi connectivity index (χ4v) is 3.15. The molecule has 1 aliphatic heterocycles. The van der Waals surface area contributed by atoms with Crippen LogP contribution in [0.25, 0.3) is 0 Å². The van der Waals surface area contributed by atoms with Gasteiger partial charge in [-0.1, -0.05) is 13.5 Å². The van der Waals surface area contributed by atoms with E-state index in [0.717, 1.165) is 6.42 Å². The Morgan fingerprint density at radius 2 is 2.00 bits per heavy atom. The molecule has 18 heavy (non-hydrogen) atoms. The minimum atomic E-state index is -0.439. The number of likely N-dealkylation sites (tertiary alicyclic amines) is 1. The third-order valence-electron chi connectivity index (χ3n) is 4.38. The van der Waals surface area contributed by atoms with Crippen molar-refractivity contribution in [2.24, 2.45) is 5.92 Å². The van der Waals surface area contributed by atoms with E-state index < -0.39 is 5.97 Å². The molecule has 0 bridgehead atoms. The monoisotopic (exact) mass is 254 g/mol. The molecular weight excluding hydrogens is 228 g/mol. The number of carbonyl (C=O) groups excluding carboxylic acids is 1. The van der Waals surface area contributed by atoms with Gasteiger partial charge in [-0.05, 0) is 47.1 Å². The van der Waals surface area contributed by atoms with Gasteiger partial charge in [-0.15, -0.1) is 5.48 Å². The van der Waals surface area contributed by atoms with Gasteiger partial charge in [0.1, 0.15) is 0 Å². The largest absolute Gasteiger partial charge is 0.367 e. The lowest BCUT2D eigenvalue weighted by Gasteiger charge is -2.57. The van der Waals surface area contributed by atoms with Gasteiger partial charge >= 0.3 is 5.97 Å². The van der Waals surface area contributed by atoms with E-state index in [-0.39, 0.29) is 17.1 Å². The highest BCUT2D eigenvalue weighted by molar-refractivity contribution is 5.80. The number of rotatable bonds is 3. The van der Waals surface area contributed by atoms with Gasteiger partial charge < -0.3 is 4.84 Å². The van der Waals surface area contributed by atoms with Gasteiger partial charge in [-0.25, -0.2) is 4.79 Å². The van der Waals surface area contributed by atoms with Gasteiger partial charge in [0.15, 0.2) is 0 Å². The third kappa shape index (κ3) is 2.75. The summed E-state index contributed by atoms with van der Waals surface area (Å²) < 4.78 is 0. The smallest absolute Gasteiger partial charge is 0.348 e. The highest BCUT2D eigenvalue weighted by Crippen LogP contribution is 2.40. The Kier molecular flexibility index (Phi) is 4.23. The maximum atomic E-state index is 11.2. The Balaban J connectivity index is 2.84. The molecule has 0 aliphatic carbocycles. The molecule has 1 rings (SSSR count). The molecule has 0 aromatic heterocycles. The number of likely N-dealkylation sites (N-methyl/N-ethyl adjacent to an activating group) is 1. The van der Waals surface area contributed by atoms with E-state index in [1.54, 1.807) is 0 Å². The first kappa shape index (κ1) is 15.2. The first-order valence-electron chi connectivity index (χ1n) is 6.45. The highest BCUT2D eigenvalue weighted by Gasteiger charge is 2.48. The average molecular weight is 254 g/mol. The normalized spacial score (nSPS) is 30.8. The zero-order chi connectivity index (χ0) is 14.1. The van der Waals surface area contributed by atoms with E-state index in [1.807, 2.05) is 0 Å². The van der Waals surface area contributed by atoms with Crippen LogP contribution in [0.4, 0.5) is 0 Å². The van der Waals surface area contributed by atoms with Crippen LogP contribution in [-0.2, 0) is 9.63 Å². The summed E-state index contributed by atoms with van der Waals surface area (Å²) in [5.41, 5.74) is 2.97. The van der Waals surface area contributed by atoms with Crippen molar-refractivity contribution in [3.8, 4) is 0 Å². The summed E-state index contributed by atoms with van der Waals surface area (Å²) >= 11 is 0. The summed E-state index contributed by atoms with van der Waals surface area (Å²) in [6.07, 6.45) is 2.22. The standard InChI is InChI=1S/C14H26N2O2/c1-8-11(17)18-15-12-10(2)9-13(3,4)16(7)14(12,5)6/h8,10,12,15H,1,9H2,2-7H3. The lowest BCUT2D eigenvalue weighted by atomic mass is 9.71. The zero-order valence-corrected chi connectivity index (χ0v) is 12.4. The maximum absolute atomic E-state index is 11.2. The SMILES string of the molecule is C=CC(=O)ONC1C(C)CC(C)(C)N(C)C1(C)C. The van der Waals surface area contributed by atoms with Crippen molar-refractivity contribution in [3.05, 3.63) is 12.7 Å². The second-order valence-electron chi connectivity index (χ2n) is 6.43. The molecule has 0 radical (unpaired) electrons. The third-order valence-corrected chi connectivity index (χ3v) is 4.38. The molecular formula is C14H26N2O2. The Bertz CT molecular complexity index is 337. The molecule has 1 N–H and O–H groups in total. The summed E-state index contributed by atoms with van der Waals surface area (Å²) in [5.74, 6) is -0.0192. The van der Waals surface area contributed by atoms with Gasteiger partial charge in [-0.3, -0.25) is 4.90 Å². The molecule has 0 aromatic rings. The van der Waals surface area contributed by atoms with E-state index in [0.29, 0.717) is 5.92 Å². The minimum absolute atomic E-state index is 0.0946. The Labute approximate surface area is 110 Å². The minimum Gasteiger partial charge on any atom is -0.367 e. The van der Waals surface area contributed by atoms with E-state index >= 15 is 0 Å². The number of nitrogens with one attached hydrogen (secondary N) is 1. The molecule has 0 spiro atoms. The van der Waals surface area contributed by atoms with Crippen LogP contribution in [0.3, 0.4) is 0 Å². The molecule has 0 amide bonds. The van der Waals surface area contributed by atoms with Crippen molar-refractivity contribution in [2.75, 3.05) is 7.05 Å². The number of piperidine rings is 1. The highest BCUT2D eigenvalue weighted by atomic mass is 16.7. The van der Waals surface area contributed by atoms with Gasteiger partial charge in [0, 0.05) is 17.2 Å².